The largest absolute Gasteiger partial charge is 0.507 e. The van der Waals surface area contributed by atoms with Gasteiger partial charge in [0.15, 0.2) is 6.10 Å². The van der Waals surface area contributed by atoms with Crippen LogP contribution in [0.2, 0.25) is 0 Å². The Kier molecular flexibility index (Phi) is 12.5. The van der Waals surface area contributed by atoms with Gasteiger partial charge in [-0.2, -0.15) is 0 Å². The number of carboxylic acids is 1. The lowest BCUT2D eigenvalue weighted by molar-refractivity contribution is -0.160. The van der Waals surface area contributed by atoms with Crippen molar-refractivity contribution in [1.29, 1.82) is 0 Å². The summed E-state index contributed by atoms with van der Waals surface area (Å²) in [5.41, 5.74) is 5.33. The molecular weight excluding hydrogens is 714 g/mol. The van der Waals surface area contributed by atoms with E-state index in [0.29, 0.717) is 86.2 Å². The molecule has 10 nitrogen and oxygen atoms in total. The van der Waals surface area contributed by atoms with Gasteiger partial charge in [0.1, 0.15) is 23.0 Å². The number of hydrogen-bond donors (Lipinski definition) is 2. The molecule has 2 aromatic heterocycles. The fourth-order valence-electron chi connectivity index (χ4n) is 7.21. The lowest BCUT2D eigenvalue weighted by Gasteiger charge is -2.42. The number of aromatic nitrogens is 2. The zero-order valence-corrected chi connectivity index (χ0v) is 33.5. The van der Waals surface area contributed by atoms with Crippen molar-refractivity contribution in [3.05, 3.63) is 107 Å². The Bertz CT molecular complexity index is 2140. The van der Waals surface area contributed by atoms with Crippen molar-refractivity contribution in [2.45, 2.75) is 91.3 Å². The number of rotatable bonds is 15. The summed E-state index contributed by atoms with van der Waals surface area (Å²) in [6.07, 6.45) is 2.04. The van der Waals surface area contributed by atoms with Crippen LogP contribution in [0.5, 0.6) is 5.75 Å². The van der Waals surface area contributed by atoms with Crippen LogP contribution in [0.4, 0.5) is 10.2 Å². The summed E-state index contributed by atoms with van der Waals surface area (Å²) in [6, 6.07) is 21.4. The molecule has 0 saturated carbocycles. The minimum atomic E-state index is -1.24. The number of anilines is 1. The van der Waals surface area contributed by atoms with Crippen molar-refractivity contribution in [1.82, 2.24) is 9.38 Å². The second-order valence-electron chi connectivity index (χ2n) is 16.0. The Labute approximate surface area is 328 Å². The zero-order chi connectivity index (χ0) is 40.2. The standard InChI is InChI=1S/C45H54FN3O7/c1-29(54-28-32-12-9-8-10-13-32)27-53-22-23-55-45(7)18-20-48(21-19-45)42-39(40(43(51)52)56-44(4,5)6)30(2)31(3)41-47-37(26-49(41)42)34-15-11-14-33(24-34)36-25-35(46)16-17-38(36)50/h8-17,24-26,29,40,50H,18-23,27-28H2,1-7H3,(H,51,52). The Morgan fingerprint density at radius 1 is 0.964 bits per heavy atom. The van der Waals surface area contributed by atoms with E-state index in [4.69, 9.17) is 23.9 Å². The van der Waals surface area contributed by atoms with Crippen molar-refractivity contribution in [2.24, 2.45) is 0 Å². The van der Waals surface area contributed by atoms with Gasteiger partial charge in [-0.1, -0.05) is 48.5 Å². The second-order valence-corrected chi connectivity index (χ2v) is 16.0. The monoisotopic (exact) mass is 767 g/mol. The number of pyridine rings is 1. The maximum Gasteiger partial charge on any atom is 0.337 e. The summed E-state index contributed by atoms with van der Waals surface area (Å²) < 4.78 is 40.7. The molecule has 2 unspecified atom stereocenters. The van der Waals surface area contributed by atoms with Gasteiger partial charge in [0, 0.05) is 36.0 Å². The fourth-order valence-corrected chi connectivity index (χ4v) is 7.21. The minimum Gasteiger partial charge on any atom is -0.507 e. The highest BCUT2D eigenvalue weighted by molar-refractivity contribution is 5.81. The van der Waals surface area contributed by atoms with Crippen molar-refractivity contribution in [3.8, 4) is 28.1 Å². The number of aryl methyl sites for hydroxylation is 1. The molecule has 2 N–H and O–H groups in total. The Hall–Kier alpha value is -4.81. The summed E-state index contributed by atoms with van der Waals surface area (Å²) in [5.74, 6) is -0.831. The molecule has 3 heterocycles. The molecular formula is C45H54FN3O7. The quantitative estimate of drug-likeness (QED) is 0.101. The predicted molar refractivity (Wildman–Crippen MR) is 216 cm³/mol. The molecule has 56 heavy (non-hydrogen) atoms. The molecule has 1 aliphatic heterocycles. The van der Waals surface area contributed by atoms with Crippen LogP contribution >= 0.6 is 0 Å². The number of piperidine rings is 1. The SMILES string of the molecule is Cc1c(C(OC(C)(C)C)C(=O)O)c(N2CCC(C)(OCCOCC(C)OCc3ccccc3)CC2)n2cc(-c3cccc(-c4cc(F)ccc4O)c3)nc2c1C. The highest BCUT2D eigenvalue weighted by Gasteiger charge is 2.38. The average Bonchev–Trinajstić information content (AvgIpc) is 3.61. The average molecular weight is 768 g/mol. The molecule has 0 bridgehead atoms. The third kappa shape index (κ3) is 9.58. The van der Waals surface area contributed by atoms with E-state index >= 15 is 0 Å². The van der Waals surface area contributed by atoms with Gasteiger partial charge >= 0.3 is 5.97 Å². The minimum absolute atomic E-state index is 0.0251. The first-order valence-corrected chi connectivity index (χ1v) is 19.3. The van der Waals surface area contributed by atoms with Gasteiger partial charge in [-0.3, -0.25) is 4.40 Å². The number of halogens is 1. The second kappa shape index (κ2) is 17.1. The van der Waals surface area contributed by atoms with Gasteiger partial charge in [0.2, 0.25) is 0 Å². The van der Waals surface area contributed by atoms with Gasteiger partial charge in [0.05, 0.1) is 49.4 Å². The van der Waals surface area contributed by atoms with Crippen LogP contribution in [0.15, 0.2) is 79.0 Å². The van der Waals surface area contributed by atoms with Gasteiger partial charge in [-0.25, -0.2) is 14.2 Å². The number of aliphatic carboxylic acids is 1. The molecule has 298 valence electrons. The molecule has 1 saturated heterocycles. The van der Waals surface area contributed by atoms with Gasteiger partial charge in [-0.15, -0.1) is 0 Å². The van der Waals surface area contributed by atoms with E-state index in [2.05, 4.69) is 11.8 Å². The molecule has 0 aliphatic carbocycles. The van der Waals surface area contributed by atoms with Crippen LogP contribution in [-0.2, 0) is 30.3 Å². The van der Waals surface area contributed by atoms with E-state index < -0.39 is 29.1 Å². The maximum atomic E-state index is 14.2. The first-order valence-electron chi connectivity index (χ1n) is 19.3. The molecule has 5 aromatic rings. The summed E-state index contributed by atoms with van der Waals surface area (Å²) in [5, 5.41) is 21.2. The zero-order valence-electron chi connectivity index (χ0n) is 33.5. The number of nitrogens with zero attached hydrogens (tertiary/aromatic N) is 3. The first-order chi connectivity index (χ1) is 26.6. The molecule has 6 rings (SSSR count). The molecule has 0 radical (unpaired) electrons. The third-order valence-electron chi connectivity index (χ3n) is 10.4. The number of aromatic hydroxyl groups is 1. The van der Waals surface area contributed by atoms with E-state index in [9.17, 15) is 19.4 Å². The van der Waals surface area contributed by atoms with Crippen molar-refractivity contribution >= 4 is 17.4 Å². The third-order valence-corrected chi connectivity index (χ3v) is 10.4. The maximum absolute atomic E-state index is 14.2. The van der Waals surface area contributed by atoms with E-state index in [0.717, 1.165) is 22.3 Å². The van der Waals surface area contributed by atoms with Crippen molar-refractivity contribution in [3.63, 3.8) is 0 Å². The van der Waals surface area contributed by atoms with Gasteiger partial charge in [-0.05, 0) is 108 Å². The predicted octanol–water partition coefficient (Wildman–Crippen LogP) is 9.07. The highest BCUT2D eigenvalue weighted by Crippen LogP contribution is 2.41. The summed E-state index contributed by atoms with van der Waals surface area (Å²) in [4.78, 5) is 20.3. The number of phenols is 1. The van der Waals surface area contributed by atoms with Crippen LogP contribution in [0, 0.1) is 19.7 Å². The van der Waals surface area contributed by atoms with Crippen molar-refractivity contribution < 1.29 is 38.3 Å². The molecule has 1 fully saturated rings. The van der Waals surface area contributed by atoms with Crippen molar-refractivity contribution in [2.75, 3.05) is 37.8 Å². The number of carboxylic acid groups (broad SMARTS) is 1. The molecule has 1 aliphatic rings. The molecule has 0 amide bonds. The van der Waals surface area contributed by atoms with E-state index in [1.165, 1.54) is 18.2 Å². The van der Waals surface area contributed by atoms with E-state index in [1.54, 1.807) is 0 Å². The number of benzene rings is 3. The highest BCUT2D eigenvalue weighted by atomic mass is 19.1. The topological polar surface area (TPSA) is 115 Å². The number of ether oxygens (including phenoxy) is 4. The lowest BCUT2D eigenvalue weighted by atomic mass is 9.92. The smallest absolute Gasteiger partial charge is 0.337 e. The Balaban J connectivity index is 1.24. The molecule has 11 heteroatoms. The normalized spacial score (nSPS) is 15.6. The molecule has 3 aromatic carbocycles. The van der Waals surface area contributed by atoms with Gasteiger partial charge in [0.25, 0.3) is 0 Å². The molecule has 0 spiro atoms. The van der Waals surface area contributed by atoms with E-state index in [-0.39, 0.29) is 11.9 Å². The van der Waals surface area contributed by atoms with Crippen LogP contribution in [0.25, 0.3) is 28.0 Å². The van der Waals surface area contributed by atoms with Crippen LogP contribution in [-0.4, -0.2) is 75.8 Å². The number of phenolic OH excluding ortho intramolecular Hbond substituents is 1. The fraction of sp³-hybridized carbons (Fsp3) is 0.422. The number of carbonyl (C=O) groups is 1. The molecule has 2 atom stereocenters. The summed E-state index contributed by atoms with van der Waals surface area (Å²) >= 11 is 0. The number of hydrogen-bond acceptors (Lipinski definition) is 8. The Morgan fingerprint density at radius 3 is 2.38 bits per heavy atom. The van der Waals surface area contributed by atoms with Crippen LogP contribution < -0.4 is 4.90 Å². The van der Waals surface area contributed by atoms with E-state index in [1.807, 2.05) is 107 Å². The number of imidazole rings is 1. The van der Waals surface area contributed by atoms with Crippen LogP contribution in [0.1, 0.15) is 75.8 Å². The lowest BCUT2D eigenvalue weighted by Crippen LogP contribution is -2.46. The summed E-state index contributed by atoms with van der Waals surface area (Å²) in [7, 11) is 0. The van der Waals surface area contributed by atoms with Crippen LogP contribution in [0.3, 0.4) is 0 Å². The summed E-state index contributed by atoms with van der Waals surface area (Å²) in [6.45, 7) is 16.7. The number of fused-ring (bicyclic) bond motifs is 1. The van der Waals surface area contributed by atoms with Gasteiger partial charge < -0.3 is 34.1 Å². The first kappa shape index (κ1) is 40.8. The Morgan fingerprint density at radius 2 is 1.68 bits per heavy atom.